The molecule has 6 heteroatoms. The van der Waals surface area contributed by atoms with Gasteiger partial charge in [0.2, 0.25) is 5.91 Å². The number of hydrogen-bond acceptors (Lipinski definition) is 4. The van der Waals surface area contributed by atoms with E-state index in [2.05, 4.69) is 9.88 Å². The van der Waals surface area contributed by atoms with Crippen molar-refractivity contribution in [3.63, 3.8) is 0 Å². The zero-order valence-corrected chi connectivity index (χ0v) is 16.1. The van der Waals surface area contributed by atoms with Gasteiger partial charge in [-0.05, 0) is 44.2 Å². The highest BCUT2D eigenvalue weighted by molar-refractivity contribution is 8.77. The molecular formula is C19H25N3OS2. The van der Waals surface area contributed by atoms with E-state index in [1.54, 1.807) is 0 Å². The highest BCUT2D eigenvalue weighted by Crippen LogP contribution is 2.40. The lowest BCUT2D eigenvalue weighted by molar-refractivity contribution is -0.132. The van der Waals surface area contributed by atoms with Gasteiger partial charge in [-0.2, -0.15) is 0 Å². The van der Waals surface area contributed by atoms with E-state index in [1.165, 1.54) is 25.0 Å². The smallest absolute Gasteiger partial charge is 0.223 e. The van der Waals surface area contributed by atoms with Crippen molar-refractivity contribution < 1.29 is 4.79 Å². The Morgan fingerprint density at radius 2 is 2.20 bits per heavy atom. The lowest BCUT2D eigenvalue weighted by Gasteiger charge is -2.23. The number of fused-ring (bicyclic) bond motifs is 1. The van der Waals surface area contributed by atoms with E-state index in [1.807, 2.05) is 45.9 Å². The van der Waals surface area contributed by atoms with E-state index in [0.29, 0.717) is 12.3 Å². The third kappa shape index (κ3) is 4.00. The fraction of sp³-hybridized carbons (Fsp3) is 0.579. The summed E-state index contributed by atoms with van der Waals surface area (Å²) in [6, 6.07) is 8.22. The van der Waals surface area contributed by atoms with Crippen LogP contribution in [0.25, 0.3) is 11.0 Å². The molecule has 1 N–H and O–H groups in total. The largest absolute Gasteiger partial charge is 0.340 e. The molecule has 0 spiro atoms. The molecule has 134 valence electrons. The fourth-order valence-electron chi connectivity index (χ4n) is 3.84. The first-order valence-corrected chi connectivity index (χ1v) is 11.7. The van der Waals surface area contributed by atoms with E-state index < -0.39 is 0 Å². The Bertz CT molecular complexity index is 693. The number of nitrogens with one attached hydrogen (secondary N) is 1. The summed E-state index contributed by atoms with van der Waals surface area (Å²) in [7, 11) is 4.03. The number of aromatic nitrogens is 2. The van der Waals surface area contributed by atoms with Gasteiger partial charge >= 0.3 is 0 Å². The van der Waals surface area contributed by atoms with Gasteiger partial charge in [0.05, 0.1) is 17.1 Å². The summed E-state index contributed by atoms with van der Waals surface area (Å²) in [6.07, 6.45) is 7.56. The molecule has 2 aromatic rings. The topological polar surface area (TPSA) is 49.0 Å². The van der Waals surface area contributed by atoms with Gasteiger partial charge in [0, 0.05) is 24.0 Å². The second-order valence-corrected chi connectivity index (χ2v) is 9.75. The van der Waals surface area contributed by atoms with E-state index in [4.69, 9.17) is 4.98 Å². The molecule has 1 aromatic carbocycles. The number of unbranched alkanes of at least 4 members (excludes halogenated alkanes) is 1. The van der Waals surface area contributed by atoms with Crippen molar-refractivity contribution in [2.45, 2.75) is 56.2 Å². The molecule has 25 heavy (non-hydrogen) atoms. The van der Waals surface area contributed by atoms with Crippen LogP contribution in [0.5, 0.6) is 0 Å². The van der Waals surface area contributed by atoms with Gasteiger partial charge in [-0.1, -0.05) is 40.1 Å². The second-order valence-electron chi connectivity index (χ2n) is 6.96. The third-order valence-corrected chi connectivity index (χ3v) is 8.20. The number of imidazole rings is 1. The molecule has 2 unspecified atom stereocenters. The molecule has 2 aliphatic heterocycles. The summed E-state index contributed by atoms with van der Waals surface area (Å²) in [4.78, 5) is 22.9. The molecule has 2 fully saturated rings. The SMILES string of the molecule is O=C(CCCCC1CCSS1)N1CCCC1c1nc2ccccc2[nH]1. The van der Waals surface area contributed by atoms with Crippen molar-refractivity contribution >= 4 is 38.5 Å². The van der Waals surface area contributed by atoms with Crippen LogP contribution in [-0.2, 0) is 4.79 Å². The van der Waals surface area contributed by atoms with Crippen LogP contribution in [0, 0.1) is 0 Å². The summed E-state index contributed by atoms with van der Waals surface area (Å²) in [5.74, 6) is 2.55. The van der Waals surface area contributed by atoms with Gasteiger partial charge in [0.15, 0.2) is 0 Å². The van der Waals surface area contributed by atoms with Crippen LogP contribution in [-0.4, -0.2) is 38.3 Å². The number of rotatable bonds is 6. The molecule has 0 saturated carbocycles. The van der Waals surface area contributed by atoms with Crippen LogP contribution in [0.3, 0.4) is 0 Å². The number of benzene rings is 1. The normalized spacial score (nSPS) is 23.6. The molecule has 1 amide bonds. The van der Waals surface area contributed by atoms with Gasteiger partial charge in [-0.3, -0.25) is 4.79 Å². The molecule has 1 aromatic heterocycles. The van der Waals surface area contributed by atoms with Crippen molar-refractivity contribution in [3.05, 3.63) is 30.1 Å². The van der Waals surface area contributed by atoms with Crippen LogP contribution in [0.2, 0.25) is 0 Å². The molecule has 2 atom stereocenters. The molecule has 4 nitrogen and oxygen atoms in total. The minimum absolute atomic E-state index is 0.127. The number of aromatic amines is 1. The lowest BCUT2D eigenvalue weighted by atomic mass is 10.1. The minimum atomic E-state index is 0.127. The Labute approximate surface area is 156 Å². The van der Waals surface area contributed by atoms with E-state index in [0.717, 1.165) is 47.9 Å². The van der Waals surface area contributed by atoms with Gasteiger partial charge in [0.1, 0.15) is 5.82 Å². The van der Waals surface area contributed by atoms with E-state index >= 15 is 0 Å². The summed E-state index contributed by atoms with van der Waals surface area (Å²) < 4.78 is 0. The second kappa shape index (κ2) is 8.04. The number of H-pyrrole nitrogens is 1. The van der Waals surface area contributed by atoms with Gasteiger partial charge < -0.3 is 9.88 Å². The molecular weight excluding hydrogens is 350 g/mol. The molecule has 2 aliphatic rings. The highest BCUT2D eigenvalue weighted by Gasteiger charge is 2.31. The van der Waals surface area contributed by atoms with E-state index in [-0.39, 0.29) is 6.04 Å². The summed E-state index contributed by atoms with van der Waals surface area (Å²) in [5.41, 5.74) is 2.05. The first-order chi connectivity index (χ1) is 12.3. The van der Waals surface area contributed by atoms with Crippen LogP contribution < -0.4 is 0 Å². The van der Waals surface area contributed by atoms with Crippen LogP contribution >= 0.6 is 21.6 Å². The third-order valence-electron chi connectivity index (χ3n) is 5.19. The number of carbonyl (C=O) groups excluding carboxylic acids is 1. The maximum absolute atomic E-state index is 12.7. The zero-order chi connectivity index (χ0) is 17.1. The number of amides is 1. The quantitative estimate of drug-likeness (QED) is 0.574. The van der Waals surface area contributed by atoms with Crippen LogP contribution in [0.1, 0.15) is 56.8 Å². The summed E-state index contributed by atoms with van der Waals surface area (Å²) in [6.45, 7) is 0.871. The fourth-order valence-corrected chi connectivity index (χ4v) is 6.86. The Hall–Kier alpha value is -1.14. The predicted molar refractivity (Wildman–Crippen MR) is 107 cm³/mol. The summed E-state index contributed by atoms with van der Waals surface area (Å²) >= 11 is 0. The number of carbonyl (C=O) groups is 1. The number of para-hydroxylation sites is 2. The molecule has 0 radical (unpaired) electrons. The van der Waals surface area contributed by atoms with Crippen molar-refractivity contribution in [1.29, 1.82) is 0 Å². The zero-order valence-electron chi connectivity index (χ0n) is 14.4. The molecule has 0 bridgehead atoms. The Kier molecular flexibility index (Phi) is 5.56. The van der Waals surface area contributed by atoms with Crippen LogP contribution in [0.4, 0.5) is 0 Å². The maximum atomic E-state index is 12.7. The first kappa shape index (κ1) is 17.3. The highest BCUT2D eigenvalue weighted by atomic mass is 33.1. The number of likely N-dealkylation sites (tertiary alicyclic amines) is 1. The molecule has 3 heterocycles. The Balaban J connectivity index is 1.33. The summed E-state index contributed by atoms with van der Waals surface area (Å²) in [5, 5.41) is 0.815. The number of nitrogens with zero attached hydrogens (tertiary/aromatic N) is 2. The Morgan fingerprint density at radius 1 is 1.28 bits per heavy atom. The van der Waals surface area contributed by atoms with Crippen molar-refractivity contribution in [2.24, 2.45) is 0 Å². The molecule has 4 rings (SSSR count). The van der Waals surface area contributed by atoms with Gasteiger partial charge in [-0.25, -0.2) is 4.98 Å². The Morgan fingerprint density at radius 3 is 3.04 bits per heavy atom. The van der Waals surface area contributed by atoms with Gasteiger partial charge in [0.25, 0.3) is 0 Å². The first-order valence-electron chi connectivity index (χ1n) is 9.33. The minimum Gasteiger partial charge on any atom is -0.340 e. The molecule has 0 aliphatic carbocycles. The van der Waals surface area contributed by atoms with E-state index in [9.17, 15) is 4.79 Å². The van der Waals surface area contributed by atoms with Crippen molar-refractivity contribution in [1.82, 2.24) is 14.9 Å². The monoisotopic (exact) mass is 375 g/mol. The lowest BCUT2D eigenvalue weighted by Crippen LogP contribution is -2.30. The predicted octanol–water partition coefficient (Wildman–Crippen LogP) is 4.94. The van der Waals surface area contributed by atoms with Crippen LogP contribution in [0.15, 0.2) is 24.3 Å². The average molecular weight is 376 g/mol. The van der Waals surface area contributed by atoms with Crippen molar-refractivity contribution in [3.8, 4) is 0 Å². The standard InChI is InChI=1S/C19H25N3OS2/c23-18(10-4-1-6-14-11-13-24-25-14)22-12-5-9-17(22)19-20-15-7-2-3-8-16(15)21-19/h2-3,7-8,14,17H,1,4-6,9-13H2,(H,20,21). The molecule has 2 saturated heterocycles. The van der Waals surface area contributed by atoms with Crippen molar-refractivity contribution in [2.75, 3.05) is 12.3 Å². The number of hydrogen-bond donors (Lipinski definition) is 1. The van der Waals surface area contributed by atoms with Gasteiger partial charge in [-0.15, -0.1) is 0 Å². The maximum Gasteiger partial charge on any atom is 0.223 e. The average Bonchev–Trinajstić information content (AvgIpc) is 3.38.